The molecule has 4 aromatic rings. The van der Waals surface area contributed by atoms with Gasteiger partial charge in [0.05, 0.1) is 26.3 Å². The number of amides is 1. The number of hydrogen-bond donors (Lipinski definition) is 0. The lowest BCUT2D eigenvalue weighted by Crippen LogP contribution is -2.41. The van der Waals surface area contributed by atoms with E-state index in [9.17, 15) is 22.8 Å². The second kappa shape index (κ2) is 10.5. The third-order valence-electron chi connectivity index (χ3n) is 6.37. The van der Waals surface area contributed by atoms with E-state index in [0.717, 1.165) is 15.6 Å². The Morgan fingerprint density at radius 2 is 1.79 bits per heavy atom. The SMILES string of the molecule is O=C(Cn1cc(C(F)(F)F)ccc1=O)N1CCC(c2nc(-n3ccc(-c4c(Cl)cccc4Cl)n3)cs2)CC1. The zero-order valence-corrected chi connectivity index (χ0v) is 22.0. The highest BCUT2D eigenvalue weighted by Crippen LogP contribution is 2.35. The van der Waals surface area contributed by atoms with Crippen LogP contribution in [0.5, 0.6) is 0 Å². The standard InChI is InChI=1S/C25H20Cl2F3N5O2S/c26-17-2-1-3-18(27)23(17)19-8-11-35(32-19)20-14-38-24(31-20)15-6-9-33(10-7-15)22(37)13-34-12-16(25(28,29)30)4-5-21(34)36/h1-5,8,11-12,14-15H,6-7,9-10,13H2. The number of nitrogens with zero attached hydrogens (tertiary/aromatic N) is 5. The van der Waals surface area contributed by atoms with Crippen molar-refractivity contribution in [2.45, 2.75) is 31.5 Å². The first-order valence-electron chi connectivity index (χ1n) is 11.6. The molecule has 3 aromatic heterocycles. The van der Waals surface area contributed by atoms with Crippen LogP contribution in [-0.4, -0.2) is 43.2 Å². The van der Waals surface area contributed by atoms with Crippen LogP contribution in [-0.2, 0) is 17.5 Å². The highest BCUT2D eigenvalue weighted by Gasteiger charge is 2.32. The molecule has 1 amide bonds. The van der Waals surface area contributed by atoms with Gasteiger partial charge in [-0.25, -0.2) is 9.67 Å². The van der Waals surface area contributed by atoms with E-state index in [1.54, 1.807) is 34.0 Å². The van der Waals surface area contributed by atoms with Crippen LogP contribution in [0.1, 0.15) is 29.3 Å². The molecule has 1 saturated heterocycles. The summed E-state index contributed by atoms with van der Waals surface area (Å²) in [5, 5.41) is 8.39. The quantitative estimate of drug-likeness (QED) is 0.294. The number of pyridine rings is 1. The molecule has 198 valence electrons. The Morgan fingerprint density at radius 1 is 1.08 bits per heavy atom. The Hall–Kier alpha value is -3.15. The number of carbonyl (C=O) groups is 1. The number of likely N-dealkylation sites (tertiary alicyclic amines) is 1. The number of hydrogen-bond acceptors (Lipinski definition) is 5. The molecule has 0 atom stereocenters. The van der Waals surface area contributed by atoms with Crippen molar-refractivity contribution in [3.63, 3.8) is 0 Å². The van der Waals surface area contributed by atoms with E-state index in [1.165, 1.54) is 11.3 Å². The predicted molar refractivity (Wildman–Crippen MR) is 139 cm³/mol. The maximum absolute atomic E-state index is 13.0. The molecule has 0 N–H and O–H groups in total. The monoisotopic (exact) mass is 581 g/mol. The molecule has 1 aliphatic heterocycles. The smallest absolute Gasteiger partial charge is 0.341 e. The Bertz CT molecular complexity index is 1520. The Kier molecular flexibility index (Phi) is 7.34. The molecule has 0 spiro atoms. The number of aromatic nitrogens is 4. The van der Waals surface area contributed by atoms with Gasteiger partial charge in [0, 0.05) is 48.4 Å². The van der Waals surface area contributed by atoms with Gasteiger partial charge in [0.1, 0.15) is 6.54 Å². The molecule has 13 heteroatoms. The third-order valence-corrected chi connectivity index (χ3v) is 7.99. The lowest BCUT2D eigenvalue weighted by molar-refractivity contribution is -0.139. The van der Waals surface area contributed by atoms with Crippen LogP contribution in [0, 0.1) is 0 Å². The third kappa shape index (κ3) is 5.50. The van der Waals surface area contributed by atoms with Crippen LogP contribution in [0.3, 0.4) is 0 Å². The molecule has 1 aliphatic rings. The first kappa shape index (κ1) is 26.5. The van der Waals surface area contributed by atoms with Crippen molar-refractivity contribution in [3.8, 4) is 17.1 Å². The van der Waals surface area contributed by atoms with E-state index in [2.05, 4.69) is 5.10 Å². The van der Waals surface area contributed by atoms with E-state index < -0.39 is 29.8 Å². The first-order valence-corrected chi connectivity index (χ1v) is 13.2. The molecule has 1 fully saturated rings. The summed E-state index contributed by atoms with van der Waals surface area (Å²) >= 11 is 14.1. The fourth-order valence-electron chi connectivity index (χ4n) is 4.34. The summed E-state index contributed by atoms with van der Waals surface area (Å²) in [6, 6.07) is 8.62. The van der Waals surface area contributed by atoms with Crippen LogP contribution in [0.15, 0.2) is 59.0 Å². The van der Waals surface area contributed by atoms with Crippen LogP contribution in [0.4, 0.5) is 13.2 Å². The fourth-order valence-corrected chi connectivity index (χ4v) is 5.90. The predicted octanol–water partition coefficient (Wildman–Crippen LogP) is 5.89. The van der Waals surface area contributed by atoms with Crippen molar-refractivity contribution < 1.29 is 18.0 Å². The molecule has 0 saturated carbocycles. The Balaban J connectivity index is 1.22. The van der Waals surface area contributed by atoms with Crippen molar-refractivity contribution in [1.29, 1.82) is 0 Å². The zero-order valence-electron chi connectivity index (χ0n) is 19.7. The summed E-state index contributed by atoms with van der Waals surface area (Å²) in [5.41, 5.74) is -0.353. The van der Waals surface area contributed by atoms with E-state index in [1.807, 2.05) is 11.4 Å². The molecule has 0 bridgehead atoms. The van der Waals surface area contributed by atoms with E-state index in [0.29, 0.717) is 65.3 Å². The van der Waals surface area contributed by atoms with Gasteiger partial charge in [-0.1, -0.05) is 29.3 Å². The summed E-state index contributed by atoms with van der Waals surface area (Å²) < 4.78 is 41.4. The number of benzene rings is 1. The van der Waals surface area contributed by atoms with E-state index in [4.69, 9.17) is 28.2 Å². The number of halogens is 5. The minimum Gasteiger partial charge on any atom is -0.341 e. The molecular formula is C25H20Cl2F3N5O2S. The minimum atomic E-state index is -4.59. The number of thiazole rings is 1. The average Bonchev–Trinajstić information content (AvgIpc) is 3.55. The van der Waals surface area contributed by atoms with Crippen molar-refractivity contribution in [3.05, 3.63) is 85.1 Å². The Labute approximate surface area is 229 Å². The molecule has 0 unspecified atom stereocenters. The van der Waals surface area contributed by atoms with Gasteiger partial charge in [0.15, 0.2) is 5.82 Å². The molecule has 0 aliphatic carbocycles. The minimum absolute atomic E-state index is 0.127. The molecule has 1 aromatic carbocycles. The van der Waals surface area contributed by atoms with Gasteiger partial charge in [-0.3, -0.25) is 9.59 Å². The number of piperidine rings is 1. The second-order valence-corrected chi connectivity index (χ2v) is 10.5. The average molecular weight is 582 g/mol. The maximum atomic E-state index is 13.0. The van der Waals surface area contributed by atoms with Crippen LogP contribution < -0.4 is 5.56 Å². The van der Waals surface area contributed by atoms with E-state index in [-0.39, 0.29) is 5.92 Å². The normalized spacial score (nSPS) is 14.7. The summed E-state index contributed by atoms with van der Waals surface area (Å²) in [5.74, 6) is 0.385. The van der Waals surface area contributed by atoms with Gasteiger partial charge < -0.3 is 9.47 Å². The number of carbonyl (C=O) groups excluding carboxylic acids is 1. The van der Waals surface area contributed by atoms with Crippen molar-refractivity contribution in [1.82, 2.24) is 24.2 Å². The summed E-state index contributed by atoms with van der Waals surface area (Å²) in [6.07, 6.45) is -0.830. The van der Waals surface area contributed by atoms with Crippen molar-refractivity contribution >= 4 is 40.4 Å². The van der Waals surface area contributed by atoms with Crippen molar-refractivity contribution in [2.24, 2.45) is 0 Å². The molecule has 38 heavy (non-hydrogen) atoms. The highest BCUT2D eigenvalue weighted by molar-refractivity contribution is 7.10. The lowest BCUT2D eigenvalue weighted by atomic mass is 9.97. The summed E-state index contributed by atoms with van der Waals surface area (Å²) in [7, 11) is 0. The highest BCUT2D eigenvalue weighted by atomic mass is 35.5. The molecule has 5 rings (SSSR count). The van der Waals surface area contributed by atoms with Crippen LogP contribution >= 0.6 is 34.5 Å². The van der Waals surface area contributed by atoms with Gasteiger partial charge in [0.2, 0.25) is 5.91 Å². The molecular weight excluding hydrogens is 562 g/mol. The molecule has 7 nitrogen and oxygen atoms in total. The second-order valence-electron chi connectivity index (χ2n) is 8.82. The topological polar surface area (TPSA) is 73.0 Å². The Morgan fingerprint density at radius 3 is 2.47 bits per heavy atom. The molecule has 4 heterocycles. The number of alkyl halides is 3. The lowest BCUT2D eigenvalue weighted by Gasteiger charge is -2.31. The van der Waals surface area contributed by atoms with Gasteiger partial charge >= 0.3 is 6.18 Å². The number of rotatable bonds is 5. The first-order chi connectivity index (χ1) is 18.1. The largest absolute Gasteiger partial charge is 0.417 e. The zero-order chi connectivity index (χ0) is 27.0. The van der Waals surface area contributed by atoms with Crippen molar-refractivity contribution in [2.75, 3.05) is 13.1 Å². The van der Waals surface area contributed by atoms with Crippen LogP contribution in [0.25, 0.3) is 17.1 Å². The van der Waals surface area contributed by atoms with Gasteiger partial charge in [-0.2, -0.15) is 18.3 Å². The van der Waals surface area contributed by atoms with Gasteiger partial charge in [-0.15, -0.1) is 11.3 Å². The molecule has 0 radical (unpaired) electrons. The van der Waals surface area contributed by atoms with Gasteiger partial charge in [0.25, 0.3) is 5.56 Å². The van der Waals surface area contributed by atoms with Gasteiger partial charge in [-0.05, 0) is 37.1 Å². The summed E-state index contributed by atoms with van der Waals surface area (Å²) in [6.45, 7) is 0.401. The van der Waals surface area contributed by atoms with E-state index >= 15 is 0 Å². The summed E-state index contributed by atoms with van der Waals surface area (Å²) in [4.78, 5) is 31.0. The fraction of sp³-hybridized carbons (Fsp3) is 0.280. The maximum Gasteiger partial charge on any atom is 0.417 e. The van der Waals surface area contributed by atoms with Crippen LogP contribution in [0.2, 0.25) is 10.0 Å².